The molecular weight excluding hydrogens is 341 g/mol. The van der Waals surface area contributed by atoms with Gasteiger partial charge in [0.05, 0.1) is 22.9 Å². The molecule has 5 heteroatoms. The molecule has 18 heavy (non-hydrogen) atoms. The Balaban J connectivity index is 1.67. The van der Waals surface area contributed by atoms with Crippen molar-refractivity contribution in [2.75, 3.05) is 0 Å². The van der Waals surface area contributed by atoms with Gasteiger partial charge >= 0.3 is 0 Å². The molecule has 1 aliphatic rings. The summed E-state index contributed by atoms with van der Waals surface area (Å²) >= 11 is 2.27. The standard InChI is InChI=1S/C13H16IN3O/c1-9-10(7-17-8-11(14)5-16-17)4-13(18-9)6-15-12-2-3-12/h4-5,8,12,15H,2-3,6-7H2,1H3. The Kier molecular flexibility index (Phi) is 3.43. The second-order valence-electron chi connectivity index (χ2n) is 4.81. The maximum atomic E-state index is 5.77. The molecule has 1 aliphatic carbocycles. The first-order valence-electron chi connectivity index (χ1n) is 6.20. The number of nitrogens with one attached hydrogen (secondary N) is 1. The molecule has 0 aliphatic heterocycles. The van der Waals surface area contributed by atoms with Gasteiger partial charge in [-0.05, 0) is 48.4 Å². The van der Waals surface area contributed by atoms with Gasteiger partial charge in [-0.1, -0.05) is 0 Å². The summed E-state index contributed by atoms with van der Waals surface area (Å²) in [4.78, 5) is 0. The van der Waals surface area contributed by atoms with Crippen molar-refractivity contribution < 1.29 is 4.42 Å². The van der Waals surface area contributed by atoms with Gasteiger partial charge in [0.2, 0.25) is 0 Å². The summed E-state index contributed by atoms with van der Waals surface area (Å²) in [5.74, 6) is 2.02. The van der Waals surface area contributed by atoms with Crippen LogP contribution in [0.3, 0.4) is 0 Å². The molecule has 96 valence electrons. The van der Waals surface area contributed by atoms with E-state index >= 15 is 0 Å². The minimum atomic E-state index is 0.714. The molecule has 0 radical (unpaired) electrons. The molecule has 2 aromatic heterocycles. The fourth-order valence-electron chi connectivity index (χ4n) is 1.96. The maximum absolute atomic E-state index is 5.77. The third-order valence-corrected chi connectivity index (χ3v) is 3.71. The molecule has 2 aromatic rings. The summed E-state index contributed by atoms with van der Waals surface area (Å²) in [5, 5.41) is 7.76. The molecule has 3 rings (SSSR count). The van der Waals surface area contributed by atoms with Gasteiger partial charge in [-0.2, -0.15) is 5.10 Å². The zero-order valence-electron chi connectivity index (χ0n) is 10.3. The molecule has 0 unspecified atom stereocenters. The summed E-state index contributed by atoms with van der Waals surface area (Å²) < 4.78 is 8.87. The fraction of sp³-hybridized carbons (Fsp3) is 0.462. The molecule has 0 saturated heterocycles. The largest absolute Gasteiger partial charge is 0.465 e. The van der Waals surface area contributed by atoms with Crippen LogP contribution in [-0.2, 0) is 13.1 Å². The molecular formula is C13H16IN3O. The summed E-state index contributed by atoms with van der Waals surface area (Å²) in [7, 11) is 0. The van der Waals surface area contributed by atoms with Gasteiger partial charge in [0, 0.05) is 17.8 Å². The van der Waals surface area contributed by atoms with E-state index in [4.69, 9.17) is 4.42 Å². The number of halogens is 1. The smallest absolute Gasteiger partial charge is 0.118 e. The van der Waals surface area contributed by atoms with Crippen molar-refractivity contribution >= 4 is 22.6 Å². The van der Waals surface area contributed by atoms with Crippen molar-refractivity contribution in [1.82, 2.24) is 15.1 Å². The third kappa shape index (κ3) is 2.95. The van der Waals surface area contributed by atoms with Gasteiger partial charge in [-0.3, -0.25) is 4.68 Å². The minimum Gasteiger partial charge on any atom is -0.465 e. The zero-order chi connectivity index (χ0) is 12.5. The van der Waals surface area contributed by atoms with Crippen molar-refractivity contribution in [3.63, 3.8) is 0 Å². The van der Waals surface area contributed by atoms with Crippen molar-refractivity contribution in [3.05, 3.63) is 39.1 Å². The molecule has 4 nitrogen and oxygen atoms in total. The van der Waals surface area contributed by atoms with Crippen molar-refractivity contribution in [3.8, 4) is 0 Å². The molecule has 2 heterocycles. The maximum Gasteiger partial charge on any atom is 0.118 e. The lowest BCUT2D eigenvalue weighted by Gasteiger charge is -1.98. The molecule has 0 bridgehead atoms. The van der Waals surface area contributed by atoms with Crippen molar-refractivity contribution in [1.29, 1.82) is 0 Å². The van der Waals surface area contributed by atoms with Crippen LogP contribution in [0.4, 0.5) is 0 Å². The molecule has 1 fully saturated rings. The first-order valence-corrected chi connectivity index (χ1v) is 7.28. The summed E-state index contributed by atoms with van der Waals surface area (Å²) in [5.41, 5.74) is 1.21. The monoisotopic (exact) mass is 357 g/mol. The highest BCUT2D eigenvalue weighted by Crippen LogP contribution is 2.21. The van der Waals surface area contributed by atoms with Crippen LogP contribution in [0.2, 0.25) is 0 Å². The van der Waals surface area contributed by atoms with Crippen LogP contribution in [0, 0.1) is 10.5 Å². The Morgan fingerprint density at radius 2 is 2.39 bits per heavy atom. The van der Waals surface area contributed by atoms with Crippen molar-refractivity contribution in [2.45, 2.75) is 38.9 Å². The molecule has 0 aromatic carbocycles. The van der Waals surface area contributed by atoms with Gasteiger partial charge in [0.25, 0.3) is 0 Å². The van der Waals surface area contributed by atoms with Crippen LogP contribution in [0.15, 0.2) is 22.9 Å². The van der Waals surface area contributed by atoms with Gasteiger partial charge in [0.15, 0.2) is 0 Å². The van der Waals surface area contributed by atoms with Crippen LogP contribution < -0.4 is 5.32 Å². The molecule has 1 N–H and O–H groups in total. The van der Waals surface area contributed by atoms with Gasteiger partial charge in [0.1, 0.15) is 11.5 Å². The van der Waals surface area contributed by atoms with Crippen LogP contribution in [-0.4, -0.2) is 15.8 Å². The Hall–Kier alpha value is -0.820. The van der Waals surface area contributed by atoms with Crippen LogP contribution in [0.1, 0.15) is 29.9 Å². The fourth-order valence-corrected chi connectivity index (χ4v) is 2.41. The number of aryl methyl sites for hydroxylation is 1. The second-order valence-corrected chi connectivity index (χ2v) is 6.05. The zero-order valence-corrected chi connectivity index (χ0v) is 12.5. The predicted molar refractivity (Wildman–Crippen MR) is 77.4 cm³/mol. The number of hydrogen-bond acceptors (Lipinski definition) is 3. The number of hydrogen-bond donors (Lipinski definition) is 1. The lowest BCUT2D eigenvalue weighted by molar-refractivity contribution is 0.458. The Bertz CT molecular complexity index is 542. The first kappa shape index (κ1) is 12.2. The van der Waals surface area contributed by atoms with E-state index in [0.717, 1.165) is 28.2 Å². The van der Waals surface area contributed by atoms with E-state index < -0.39 is 0 Å². The van der Waals surface area contributed by atoms with E-state index in [0.29, 0.717) is 6.04 Å². The lowest BCUT2D eigenvalue weighted by Crippen LogP contribution is -2.14. The van der Waals surface area contributed by atoms with Gasteiger partial charge in [-0.15, -0.1) is 0 Å². The van der Waals surface area contributed by atoms with Crippen LogP contribution in [0.5, 0.6) is 0 Å². The van der Waals surface area contributed by atoms with Crippen molar-refractivity contribution in [2.24, 2.45) is 0 Å². The predicted octanol–water partition coefficient (Wildman–Crippen LogP) is 2.69. The Morgan fingerprint density at radius 1 is 1.56 bits per heavy atom. The highest BCUT2D eigenvalue weighted by atomic mass is 127. The first-order chi connectivity index (χ1) is 8.70. The number of nitrogens with zero attached hydrogens (tertiary/aromatic N) is 2. The van der Waals surface area contributed by atoms with Crippen LogP contribution in [0.25, 0.3) is 0 Å². The SMILES string of the molecule is Cc1oc(CNC2CC2)cc1Cn1cc(I)cn1. The third-order valence-electron chi connectivity index (χ3n) is 3.15. The van der Waals surface area contributed by atoms with Gasteiger partial charge < -0.3 is 9.73 Å². The number of rotatable bonds is 5. The minimum absolute atomic E-state index is 0.714. The van der Waals surface area contributed by atoms with E-state index in [1.54, 1.807) is 0 Å². The van der Waals surface area contributed by atoms with E-state index in [2.05, 4.69) is 39.1 Å². The molecule has 0 spiro atoms. The molecule has 0 amide bonds. The summed E-state index contributed by atoms with van der Waals surface area (Å²) in [6, 6.07) is 2.85. The molecule has 0 atom stereocenters. The highest BCUT2D eigenvalue weighted by Gasteiger charge is 2.20. The number of furan rings is 1. The van der Waals surface area contributed by atoms with Crippen LogP contribution >= 0.6 is 22.6 Å². The average Bonchev–Trinajstić information content (AvgIpc) is 2.99. The topological polar surface area (TPSA) is 43.0 Å². The second kappa shape index (κ2) is 5.05. The quantitative estimate of drug-likeness (QED) is 0.837. The van der Waals surface area contributed by atoms with E-state index in [1.807, 2.05) is 24.0 Å². The lowest BCUT2D eigenvalue weighted by atomic mass is 10.2. The van der Waals surface area contributed by atoms with Gasteiger partial charge in [-0.25, -0.2) is 0 Å². The summed E-state index contributed by atoms with van der Waals surface area (Å²) in [6.45, 7) is 3.63. The Labute approximate surface area is 120 Å². The molecule has 1 saturated carbocycles. The number of aromatic nitrogens is 2. The normalized spacial score (nSPS) is 15.2. The average molecular weight is 357 g/mol. The van der Waals surface area contributed by atoms with E-state index in [-0.39, 0.29) is 0 Å². The Morgan fingerprint density at radius 3 is 3.06 bits per heavy atom. The van der Waals surface area contributed by atoms with E-state index in [9.17, 15) is 0 Å². The summed E-state index contributed by atoms with van der Waals surface area (Å²) in [6.07, 6.45) is 6.51. The highest BCUT2D eigenvalue weighted by molar-refractivity contribution is 14.1. The van der Waals surface area contributed by atoms with E-state index in [1.165, 1.54) is 18.4 Å².